The van der Waals surface area contributed by atoms with Crippen LogP contribution in [0.1, 0.15) is 11.8 Å². The zero-order valence-electron chi connectivity index (χ0n) is 9.70. The molecule has 1 aromatic heterocycles. The van der Waals surface area contributed by atoms with E-state index in [9.17, 15) is 8.42 Å². The standard InChI is InChI=1S/C12H12N2O2S2/c1-10(12-8-5-9-17-12)13-14-18(15,16)11-6-3-2-4-7-11/h2-9,14H,1H3/b13-10-. The van der Waals surface area contributed by atoms with E-state index in [4.69, 9.17) is 0 Å². The van der Waals surface area contributed by atoms with Crippen LogP contribution in [0.15, 0.2) is 57.8 Å². The van der Waals surface area contributed by atoms with Gasteiger partial charge in [0.25, 0.3) is 10.0 Å². The van der Waals surface area contributed by atoms with E-state index in [1.54, 1.807) is 25.1 Å². The Morgan fingerprint density at radius 1 is 1.17 bits per heavy atom. The van der Waals surface area contributed by atoms with E-state index in [1.165, 1.54) is 23.5 Å². The largest absolute Gasteiger partial charge is 0.276 e. The van der Waals surface area contributed by atoms with E-state index in [0.717, 1.165) is 4.88 Å². The maximum Gasteiger partial charge on any atom is 0.276 e. The number of thiophene rings is 1. The molecule has 2 aromatic rings. The third-order valence-corrected chi connectivity index (χ3v) is 4.47. The minimum absolute atomic E-state index is 0.202. The predicted octanol–water partition coefficient (Wildman–Crippen LogP) is 2.45. The molecule has 0 saturated heterocycles. The van der Waals surface area contributed by atoms with Crippen molar-refractivity contribution in [2.45, 2.75) is 11.8 Å². The molecule has 0 aliphatic rings. The average Bonchev–Trinajstić information content (AvgIpc) is 2.91. The van der Waals surface area contributed by atoms with Crippen molar-refractivity contribution in [3.8, 4) is 0 Å². The molecule has 1 N–H and O–H groups in total. The quantitative estimate of drug-likeness (QED) is 0.691. The van der Waals surface area contributed by atoms with Crippen molar-refractivity contribution in [1.82, 2.24) is 4.83 Å². The van der Waals surface area contributed by atoms with Crippen LogP contribution in [0, 0.1) is 0 Å². The van der Waals surface area contributed by atoms with Crippen LogP contribution in [-0.4, -0.2) is 14.1 Å². The monoisotopic (exact) mass is 280 g/mol. The van der Waals surface area contributed by atoms with E-state index in [2.05, 4.69) is 9.93 Å². The number of nitrogens with one attached hydrogen (secondary N) is 1. The van der Waals surface area contributed by atoms with Gasteiger partial charge in [-0.2, -0.15) is 18.4 Å². The molecule has 0 spiro atoms. The van der Waals surface area contributed by atoms with Gasteiger partial charge in [0.1, 0.15) is 0 Å². The summed E-state index contributed by atoms with van der Waals surface area (Å²) < 4.78 is 23.8. The lowest BCUT2D eigenvalue weighted by Crippen LogP contribution is -2.19. The number of benzene rings is 1. The molecule has 0 aliphatic heterocycles. The second kappa shape index (κ2) is 5.32. The van der Waals surface area contributed by atoms with Gasteiger partial charge in [0.15, 0.2) is 0 Å². The Kier molecular flexibility index (Phi) is 3.78. The van der Waals surface area contributed by atoms with Gasteiger partial charge in [0.05, 0.1) is 15.5 Å². The fourth-order valence-corrected chi connectivity index (χ4v) is 2.88. The van der Waals surface area contributed by atoms with Gasteiger partial charge in [-0.05, 0) is 30.5 Å². The van der Waals surface area contributed by atoms with Crippen molar-refractivity contribution >= 4 is 27.1 Å². The highest BCUT2D eigenvalue weighted by atomic mass is 32.2. The van der Waals surface area contributed by atoms with E-state index in [0.29, 0.717) is 5.71 Å². The molecule has 0 saturated carbocycles. The molecular formula is C12H12N2O2S2. The van der Waals surface area contributed by atoms with Gasteiger partial charge in [-0.1, -0.05) is 24.3 Å². The minimum atomic E-state index is -3.58. The maximum atomic E-state index is 11.9. The van der Waals surface area contributed by atoms with Crippen LogP contribution in [0.25, 0.3) is 0 Å². The highest BCUT2D eigenvalue weighted by Gasteiger charge is 2.11. The molecule has 2 rings (SSSR count). The van der Waals surface area contributed by atoms with Gasteiger partial charge in [-0.3, -0.25) is 0 Å². The van der Waals surface area contributed by atoms with E-state index in [1.807, 2.05) is 17.5 Å². The first-order valence-corrected chi connectivity index (χ1v) is 7.61. The van der Waals surface area contributed by atoms with Crippen LogP contribution in [0.2, 0.25) is 0 Å². The van der Waals surface area contributed by atoms with Crippen molar-refractivity contribution in [2.75, 3.05) is 0 Å². The summed E-state index contributed by atoms with van der Waals surface area (Å²) in [5.74, 6) is 0. The van der Waals surface area contributed by atoms with E-state index in [-0.39, 0.29) is 4.90 Å². The summed E-state index contributed by atoms with van der Waals surface area (Å²) in [5, 5.41) is 5.82. The lowest BCUT2D eigenvalue weighted by atomic mass is 10.3. The number of hydrogen-bond donors (Lipinski definition) is 1. The first-order chi connectivity index (χ1) is 8.59. The molecule has 0 radical (unpaired) electrons. The van der Waals surface area contributed by atoms with Crippen LogP contribution in [0.4, 0.5) is 0 Å². The summed E-state index contributed by atoms with van der Waals surface area (Å²) in [4.78, 5) is 3.37. The number of hydrazone groups is 1. The van der Waals surface area contributed by atoms with E-state index >= 15 is 0 Å². The van der Waals surface area contributed by atoms with Gasteiger partial charge in [-0.15, -0.1) is 11.3 Å². The molecule has 0 amide bonds. The minimum Gasteiger partial charge on any atom is -0.200 e. The van der Waals surface area contributed by atoms with Gasteiger partial charge >= 0.3 is 0 Å². The Morgan fingerprint density at radius 2 is 1.89 bits per heavy atom. The summed E-state index contributed by atoms with van der Waals surface area (Å²) >= 11 is 1.51. The fourth-order valence-electron chi connectivity index (χ4n) is 1.32. The highest BCUT2D eigenvalue weighted by molar-refractivity contribution is 7.89. The number of rotatable bonds is 4. The van der Waals surface area contributed by atoms with Crippen molar-refractivity contribution < 1.29 is 8.42 Å². The van der Waals surface area contributed by atoms with Gasteiger partial charge in [0.2, 0.25) is 0 Å². The first-order valence-electron chi connectivity index (χ1n) is 5.24. The van der Waals surface area contributed by atoms with Gasteiger partial charge in [0, 0.05) is 0 Å². The molecule has 18 heavy (non-hydrogen) atoms. The second-order valence-electron chi connectivity index (χ2n) is 3.58. The van der Waals surface area contributed by atoms with Gasteiger partial charge in [-0.25, -0.2) is 0 Å². The summed E-state index contributed by atoms with van der Waals surface area (Å²) in [6.07, 6.45) is 0. The molecule has 1 aromatic carbocycles. The highest BCUT2D eigenvalue weighted by Crippen LogP contribution is 2.11. The van der Waals surface area contributed by atoms with Crippen molar-refractivity contribution in [1.29, 1.82) is 0 Å². The molecule has 4 nitrogen and oxygen atoms in total. The SMILES string of the molecule is C/C(=N/NS(=O)(=O)c1ccccc1)c1cccs1. The molecule has 0 fully saturated rings. The van der Waals surface area contributed by atoms with E-state index < -0.39 is 10.0 Å². The summed E-state index contributed by atoms with van der Waals surface area (Å²) in [6.45, 7) is 1.76. The lowest BCUT2D eigenvalue weighted by Gasteiger charge is -2.03. The third-order valence-electron chi connectivity index (χ3n) is 2.26. The van der Waals surface area contributed by atoms with Gasteiger partial charge < -0.3 is 0 Å². The molecule has 0 unspecified atom stereocenters. The zero-order chi connectivity index (χ0) is 13.0. The summed E-state index contributed by atoms with van der Waals surface area (Å²) in [5.41, 5.74) is 0.643. The normalized spacial score (nSPS) is 12.4. The topological polar surface area (TPSA) is 58.5 Å². The summed E-state index contributed by atoms with van der Waals surface area (Å²) in [6, 6.07) is 11.9. The number of sulfonamides is 1. The fraction of sp³-hybridized carbons (Fsp3) is 0.0833. The van der Waals surface area contributed by atoms with Crippen molar-refractivity contribution in [2.24, 2.45) is 5.10 Å². The molecule has 1 heterocycles. The molecule has 94 valence electrons. The molecule has 0 atom stereocenters. The van der Waals surface area contributed by atoms with Crippen LogP contribution < -0.4 is 4.83 Å². The molecule has 0 aliphatic carbocycles. The Hall–Kier alpha value is -1.66. The third kappa shape index (κ3) is 2.96. The Labute approximate surface area is 110 Å². The number of hydrogen-bond acceptors (Lipinski definition) is 4. The lowest BCUT2D eigenvalue weighted by molar-refractivity contribution is 0.584. The predicted molar refractivity (Wildman–Crippen MR) is 73.3 cm³/mol. The second-order valence-corrected chi connectivity index (χ2v) is 6.19. The van der Waals surface area contributed by atoms with Crippen molar-refractivity contribution in [3.05, 3.63) is 52.7 Å². The zero-order valence-corrected chi connectivity index (χ0v) is 11.3. The first kappa shape index (κ1) is 12.8. The van der Waals surface area contributed by atoms with Crippen LogP contribution >= 0.6 is 11.3 Å². The maximum absolute atomic E-state index is 11.9. The summed E-state index contributed by atoms with van der Waals surface area (Å²) in [7, 11) is -3.58. The van der Waals surface area contributed by atoms with Crippen LogP contribution in [0.3, 0.4) is 0 Å². The number of nitrogens with zero attached hydrogens (tertiary/aromatic N) is 1. The smallest absolute Gasteiger partial charge is 0.200 e. The Morgan fingerprint density at radius 3 is 2.50 bits per heavy atom. The molecular weight excluding hydrogens is 268 g/mol. The molecule has 6 heteroatoms. The Balaban J connectivity index is 2.18. The average molecular weight is 280 g/mol. The van der Waals surface area contributed by atoms with Crippen LogP contribution in [-0.2, 0) is 10.0 Å². The Bertz CT molecular complexity index is 632. The molecule has 0 bridgehead atoms. The van der Waals surface area contributed by atoms with Crippen LogP contribution in [0.5, 0.6) is 0 Å². The van der Waals surface area contributed by atoms with Crippen molar-refractivity contribution in [3.63, 3.8) is 0 Å².